The van der Waals surface area contributed by atoms with Crippen LogP contribution in [0.1, 0.15) is 42.0 Å². The Bertz CT molecular complexity index is 1710. The van der Waals surface area contributed by atoms with E-state index >= 15 is 0 Å². The Morgan fingerprint density at radius 2 is 1.86 bits per heavy atom. The van der Waals surface area contributed by atoms with Gasteiger partial charge in [-0.05, 0) is 78.9 Å². The van der Waals surface area contributed by atoms with E-state index in [9.17, 15) is 22.8 Å². The second-order valence-electron chi connectivity index (χ2n) is 10.1. The van der Waals surface area contributed by atoms with Crippen molar-refractivity contribution < 1.29 is 22.8 Å². The summed E-state index contributed by atoms with van der Waals surface area (Å²) in [6.45, 7) is 7.83. The summed E-state index contributed by atoms with van der Waals surface area (Å²) in [5.74, 6) is 0.521. The number of halogens is 3. The standard InChI is InChI=1S/C30H27F3N6O2S/c1-17(2)23-10-8-18(3)12-25(23)39-26(40)15-42-29(39)36-28(41)35-24-11-9-20(13-19(24)4)27-34-16-38(37-27)22-7-5-6-21(14-22)30(31,32)33/h5-14,16-17H,15H2,1-4H3,(H,35,41)/b36-29-. The molecule has 1 aliphatic rings. The third-order valence-corrected chi connectivity index (χ3v) is 7.59. The van der Waals surface area contributed by atoms with Gasteiger partial charge >= 0.3 is 12.2 Å². The first-order valence-electron chi connectivity index (χ1n) is 13.1. The Morgan fingerprint density at radius 3 is 2.57 bits per heavy atom. The number of carbonyl (C=O) groups is 2. The molecule has 1 N–H and O–H groups in total. The molecule has 8 nitrogen and oxygen atoms in total. The van der Waals surface area contributed by atoms with Crippen molar-refractivity contribution in [3.63, 3.8) is 0 Å². The van der Waals surface area contributed by atoms with Crippen LogP contribution in [0.25, 0.3) is 17.1 Å². The molecule has 216 valence electrons. The van der Waals surface area contributed by atoms with Gasteiger partial charge in [0.15, 0.2) is 11.0 Å². The molecule has 0 atom stereocenters. The monoisotopic (exact) mass is 592 g/mol. The number of hydrogen-bond donors (Lipinski definition) is 1. The van der Waals surface area contributed by atoms with Crippen molar-refractivity contribution in [1.82, 2.24) is 14.8 Å². The summed E-state index contributed by atoms with van der Waals surface area (Å²) in [4.78, 5) is 35.7. The number of nitrogens with zero attached hydrogens (tertiary/aromatic N) is 5. The number of benzene rings is 3. The number of aromatic nitrogens is 3. The Morgan fingerprint density at radius 1 is 1.07 bits per heavy atom. The topological polar surface area (TPSA) is 92.5 Å². The fraction of sp³-hybridized carbons (Fsp3) is 0.233. The molecule has 0 unspecified atom stereocenters. The molecule has 4 aromatic rings. The lowest BCUT2D eigenvalue weighted by atomic mass is 9.99. The molecule has 0 saturated carbocycles. The summed E-state index contributed by atoms with van der Waals surface area (Å²) in [5.41, 5.74) is 3.98. The zero-order chi connectivity index (χ0) is 30.2. The highest BCUT2D eigenvalue weighted by Gasteiger charge is 2.33. The van der Waals surface area contributed by atoms with Crippen LogP contribution in [-0.2, 0) is 11.0 Å². The highest BCUT2D eigenvalue weighted by Crippen LogP contribution is 2.34. The fourth-order valence-corrected chi connectivity index (χ4v) is 5.39. The summed E-state index contributed by atoms with van der Waals surface area (Å²) < 4.78 is 40.6. The maximum absolute atomic E-state index is 13.1. The Kier molecular flexibility index (Phi) is 7.91. The summed E-state index contributed by atoms with van der Waals surface area (Å²) in [7, 11) is 0. The normalized spacial score (nSPS) is 14.7. The molecule has 1 aliphatic heterocycles. The molecule has 1 fully saturated rings. The van der Waals surface area contributed by atoms with Gasteiger partial charge in [-0.3, -0.25) is 9.69 Å². The number of aryl methyl sites for hydroxylation is 2. The average Bonchev–Trinajstić information content (AvgIpc) is 3.56. The van der Waals surface area contributed by atoms with Gasteiger partial charge in [0.25, 0.3) is 0 Å². The summed E-state index contributed by atoms with van der Waals surface area (Å²) >= 11 is 1.21. The van der Waals surface area contributed by atoms with E-state index in [1.165, 1.54) is 39.8 Å². The molecule has 0 spiro atoms. The maximum Gasteiger partial charge on any atom is 0.416 e. The van der Waals surface area contributed by atoms with Gasteiger partial charge in [0.2, 0.25) is 5.91 Å². The third kappa shape index (κ3) is 6.08. The number of urea groups is 1. The average molecular weight is 593 g/mol. The minimum absolute atomic E-state index is 0.142. The molecule has 3 aromatic carbocycles. The van der Waals surface area contributed by atoms with Gasteiger partial charge in [-0.15, -0.1) is 5.10 Å². The van der Waals surface area contributed by atoms with Gasteiger partial charge in [-0.2, -0.15) is 18.2 Å². The maximum atomic E-state index is 13.1. The molecular weight excluding hydrogens is 565 g/mol. The van der Waals surface area contributed by atoms with E-state index in [0.29, 0.717) is 27.8 Å². The molecule has 1 saturated heterocycles. The Hall–Kier alpha value is -4.45. The number of aliphatic imine (C=N–C) groups is 1. The van der Waals surface area contributed by atoms with E-state index < -0.39 is 17.8 Å². The first-order chi connectivity index (χ1) is 19.9. The SMILES string of the molecule is Cc1ccc(C(C)C)c(N2C(=O)CS/C2=N\C(=O)Nc2ccc(-c3ncn(-c4cccc(C(F)(F)F)c4)n3)cc2C)c1. The molecule has 2 heterocycles. The predicted octanol–water partition coefficient (Wildman–Crippen LogP) is 7.36. The molecule has 5 rings (SSSR count). The second-order valence-corrected chi connectivity index (χ2v) is 11.1. The molecule has 0 aliphatic carbocycles. The molecule has 3 amide bonds. The largest absolute Gasteiger partial charge is 0.416 e. The number of thioether (sulfide) groups is 1. The van der Waals surface area contributed by atoms with Crippen LogP contribution < -0.4 is 10.2 Å². The molecule has 12 heteroatoms. The van der Waals surface area contributed by atoms with E-state index in [2.05, 4.69) is 20.4 Å². The van der Waals surface area contributed by atoms with E-state index in [-0.39, 0.29) is 23.3 Å². The van der Waals surface area contributed by atoms with Crippen LogP contribution in [0.2, 0.25) is 0 Å². The van der Waals surface area contributed by atoms with Crippen LogP contribution in [0.15, 0.2) is 72.0 Å². The number of rotatable bonds is 5. The van der Waals surface area contributed by atoms with Gasteiger partial charge in [0, 0.05) is 11.3 Å². The smallest absolute Gasteiger partial charge is 0.306 e. The first kappa shape index (κ1) is 29.1. The Balaban J connectivity index is 1.34. The van der Waals surface area contributed by atoms with Crippen LogP contribution in [0.4, 0.5) is 29.3 Å². The Labute approximate surface area is 244 Å². The number of amides is 3. The van der Waals surface area contributed by atoms with E-state index in [1.807, 2.05) is 39.0 Å². The zero-order valence-electron chi connectivity index (χ0n) is 23.2. The van der Waals surface area contributed by atoms with E-state index in [1.54, 1.807) is 25.1 Å². The van der Waals surface area contributed by atoms with Gasteiger partial charge in [0.1, 0.15) is 6.33 Å². The van der Waals surface area contributed by atoms with Crippen molar-refractivity contribution in [2.75, 3.05) is 16.0 Å². The van der Waals surface area contributed by atoms with Crippen molar-refractivity contribution in [2.24, 2.45) is 4.99 Å². The number of anilines is 2. The van der Waals surface area contributed by atoms with Crippen molar-refractivity contribution in [2.45, 2.75) is 39.8 Å². The number of nitrogens with one attached hydrogen (secondary N) is 1. The lowest BCUT2D eigenvalue weighted by Gasteiger charge is -2.22. The minimum atomic E-state index is -4.47. The molecular formula is C30H27F3N6O2S. The van der Waals surface area contributed by atoms with Crippen LogP contribution in [0, 0.1) is 13.8 Å². The van der Waals surface area contributed by atoms with Crippen molar-refractivity contribution in [1.29, 1.82) is 0 Å². The number of hydrogen-bond acceptors (Lipinski definition) is 5. The number of amidine groups is 1. The van der Waals surface area contributed by atoms with E-state index in [0.717, 1.165) is 28.9 Å². The van der Waals surface area contributed by atoms with Crippen LogP contribution in [0.3, 0.4) is 0 Å². The number of alkyl halides is 3. The van der Waals surface area contributed by atoms with E-state index in [4.69, 9.17) is 0 Å². The molecule has 42 heavy (non-hydrogen) atoms. The zero-order valence-corrected chi connectivity index (χ0v) is 24.0. The van der Waals surface area contributed by atoms with Crippen LogP contribution in [0.5, 0.6) is 0 Å². The van der Waals surface area contributed by atoms with Gasteiger partial charge in [0.05, 0.1) is 22.7 Å². The fourth-order valence-electron chi connectivity index (χ4n) is 4.53. The highest BCUT2D eigenvalue weighted by atomic mass is 32.2. The van der Waals surface area contributed by atoms with Gasteiger partial charge in [-0.1, -0.05) is 43.8 Å². The van der Waals surface area contributed by atoms with Gasteiger partial charge < -0.3 is 5.32 Å². The summed E-state index contributed by atoms with van der Waals surface area (Å²) in [6.07, 6.45) is -3.12. The summed E-state index contributed by atoms with van der Waals surface area (Å²) in [6, 6.07) is 15.2. The molecule has 1 aromatic heterocycles. The third-order valence-electron chi connectivity index (χ3n) is 6.67. The van der Waals surface area contributed by atoms with Gasteiger partial charge in [-0.25, -0.2) is 14.5 Å². The molecule has 0 bridgehead atoms. The minimum Gasteiger partial charge on any atom is -0.306 e. The predicted molar refractivity (Wildman–Crippen MR) is 158 cm³/mol. The van der Waals surface area contributed by atoms with Crippen LogP contribution >= 0.6 is 11.8 Å². The highest BCUT2D eigenvalue weighted by molar-refractivity contribution is 8.15. The second kappa shape index (κ2) is 11.4. The quantitative estimate of drug-likeness (QED) is 0.261. The lowest BCUT2D eigenvalue weighted by molar-refractivity contribution is -0.137. The van der Waals surface area contributed by atoms with Crippen LogP contribution in [-0.4, -0.2) is 37.6 Å². The van der Waals surface area contributed by atoms with Crippen molar-refractivity contribution in [3.05, 3.63) is 89.2 Å². The number of carbonyl (C=O) groups excluding carboxylic acids is 2. The lowest BCUT2D eigenvalue weighted by Crippen LogP contribution is -2.31. The van der Waals surface area contributed by atoms with Crippen molar-refractivity contribution >= 4 is 40.2 Å². The first-order valence-corrected chi connectivity index (χ1v) is 14.1. The summed E-state index contributed by atoms with van der Waals surface area (Å²) in [5, 5.41) is 7.41. The van der Waals surface area contributed by atoms with Crippen molar-refractivity contribution in [3.8, 4) is 17.1 Å². The molecule has 0 radical (unpaired) electrons.